The first-order valence-corrected chi connectivity index (χ1v) is 8.58. The highest BCUT2D eigenvalue weighted by atomic mass is 32.2. The Morgan fingerprint density at radius 2 is 1.95 bits per heavy atom. The van der Waals surface area contributed by atoms with Crippen LogP contribution in [-0.4, -0.2) is 62.6 Å². The molecule has 20 heavy (non-hydrogen) atoms. The predicted molar refractivity (Wildman–Crippen MR) is 74.3 cm³/mol. The molecule has 116 valence electrons. The SMILES string of the molecule is CN(CCS(C)(=O)=O)C(=O)NCC1(CC(=O)O)CCC1. The van der Waals surface area contributed by atoms with Crippen molar-refractivity contribution in [3.05, 3.63) is 0 Å². The van der Waals surface area contributed by atoms with E-state index in [0.29, 0.717) is 6.54 Å². The number of amides is 2. The Balaban J connectivity index is 2.40. The number of rotatable bonds is 7. The molecule has 2 N–H and O–H groups in total. The number of urea groups is 1. The number of nitrogens with one attached hydrogen (secondary N) is 1. The third-order valence-electron chi connectivity index (χ3n) is 3.70. The van der Waals surface area contributed by atoms with Gasteiger partial charge in [-0.05, 0) is 18.3 Å². The molecule has 0 saturated heterocycles. The Labute approximate surface area is 119 Å². The molecule has 0 aliphatic heterocycles. The Kier molecular flexibility index (Phi) is 5.38. The Morgan fingerprint density at radius 3 is 2.35 bits per heavy atom. The first-order chi connectivity index (χ1) is 9.14. The van der Waals surface area contributed by atoms with Gasteiger partial charge in [0, 0.05) is 26.4 Å². The molecular formula is C12H22N2O5S. The van der Waals surface area contributed by atoms with E-state index in [-0.39, 0.29) is 30.2 Å². The van der Waals surface area contributed by atoms with Crippen LogP contribution in [0.25, 0.3) is 0 Å². The van der Waals surface area contributed by atoms with Gasteiger partial charge in [-0.25, -0.2) is 13.2 Å². The highest BCUT2D eigenvalue weighted by Gasteiger charge is 2.39. The quantitative estimate of drug-likeness (QED) is 0.705. The molecule has 0 aromatic heterocycles. The van der Waals surface area contributed by atoms with E-state index < -0.39 is 15.8 Å². The van der Waals surface area contributed by atoms with Gasteiger partial charge in [-0.2, -0.15) is 0 Å². The molecule has 0 radical (unpaired) electrons. The van der Waals surface area contributed by atoms with Gasteiger partial charge in [-0.1, -0.05) is 6.42 Å². The van der Waals surface area contributed by atoms with Gasteiger partial charge in [-0.3, -0.25) is 4.79 Å². The van der Waals surface area contributed by atoms with Crippen LogP contribution in [0.1, 0.15) is 25.7 Å². The first-order valence-electron chi connectivity index (χ1n) is 6.52. The largest absolute Gasteiger partial charge is 0.481 e. The molecule has 2 amide bonds. The minimum Gasteiger partial charge on any atom is -0.481 e. The summed E-state index contributed by atoms with van der Waals surface area (Å²) in [5, 5.41) is 11.6. The number of carboxylic acids is 1. The lowest BCUT2D eigenvalue weighted by atomic mass is 9.66. The Morgan fingerprint density at radius 1 is 1.35 bits per heavy atom. The molecule has 1 aliphatic carbocycles. The maximum Gasteiger partial charge on any atom is 0.317 e. The van der Waals surface area contributed by atoms with E-state index in [9.17, 15) is 18.0 Å². The van der Waals surface area contributed by atoms with Crippen LogP contribution in [0.3, 0.4) is 0 Å². The van der Waals surface area contributed by atoms with Crippen molar-refractivity contribution >= 4 is 21.8 Å². The number of hydrogen-bond donors (Lipinski definition) is 2. The van der Waals surface area contributed by atoms with Gasteiger partial charge in [0.25, 0.3) is 0 Å². The fourth-order valence-electron chi connectivity index (χ4n) is 2.22. The summed E-state index contributed by atoms with van der Waals surface area (Å²) in [5.74, 6) is -0.943. The second kappa shape index (κ2) is 6.43. The summed E-state index contributed by atoms with van der Waals surface area (Å²) in [7, 11) is -1.59. The van der Waals surface area contributed by atoms with E-state index in [1.807, 2.05) is 0 Å². The van der Waals surface area contributed by atoms with Crippen molar-refractivity contribution in [2.24, 2.45) is 5.41 Å². The second-order valence-corrected chi connectivity index (χ2v) is 7.89. The average Bonchev–Trinajstić information content (AvgIpc) is 2.27. The second-order valence-electron chi connectivity index (χ2n) is 5.63. The summed E-state index contributed by atoms with van der Waals surface area (Å²) in [6.45, 7) is 0.442. The van der Waals surface area contributed by atoms with Crippen LogP contribution in [0.2, 0.25) is 0 Å². The zero-order valence-electron chi connectivity index (χ0n) is 11.9. The third kappa shape index (κ3) is 5.36. The third-order valence-corrected chi connectivity index (χ3v) is 4.62. The molecule has 0 spiro atoms. The molecular weight excluding hydrogens is 284 g/mol. The summed E-state index contributed by atoms with van der Waals surface area (Å²) in [6, 6.07) is -0.370. The molecule has 1 saturated carbocycles. The van der Waals surface area contributed by atoms with Crippen LogP contribution in [-0.2, 0) is 14.6 Å². The number of carbonyl (C=O) groups is 2. The van der Waals surface area contributed by atoms with Gasteiger partial charge in [0.2, 0.25) is 0 Å². The first kappa shape index (κ1) is 16.7. The number of carboxylic acid groups (broad SMARTS) is 1. The number of nitrogens with zero attached hydrogens (tertiary/aromatic N) is 1. The van der Waals surface area contributed by atoms with Crippen molar-refractivity contribution < 1.29 is 23.1 Å². The average molecular weight is 306 g/mol. The van der Waals surface area contributed by atoms with E-state index in [1.165, 1.54) is 11.9 Å². The van der Waals surface area contributed by atoms with Crippen LogP contribution < -0.4 is 5.32 Å². The number of sulfone groups is 1. The smallest absolute Gasteiger partial charge is 0.317 e. The van der Waals surface area contributed by atoms with Gasteiger partial charge >= 0.3 is 12.0 Å². The van der Waals surface area contributed by atoms with Gasteiger partial charge < -0.3 is 15.3 Å². The van der Waals surface area contributed by atoms with Gasteiger partial charge in [0.05, 0.1) is 12.2 Å². The maximum absolute atomic E-state index is 11.8. The van der Waals surface area contributed by atoms with E-state index in [4.69, 9.17) is 5.11 Å². The van der Waals surface area contributed by atoms with E-state index in [2.05, 4.69) is 5.32 Å². The lowest BCUT2D eigenvalue weighted by Crippen LogP contribution is -2.47. The maximum atomic E-state index is 11.8. The summed E-state index contributed by atoms with van der Waals surface area (Å²) in [5.41, 5.74) is -0.334. The molecule has 0 atom stereocenters. The monoisotopic (exact) mass is 306 g/mol. The van der Waals surface area contributed by atoms with E-state index in [1.54, 1.807) is 0 Å². The van der Waals surface area contributed by atoms with Gasteiger partial charge in [0.1, 0.15) is 9.84 Å². The van der Waals surface area contributed by atoms with Crippen molar-refractivity contribution in [3.63, 3.8) is 0 Å². The van der Waals surface area contributed by atoms with Crippen molar-refractivity contribution in [2.45, 2.75) is 25.7 Å². The fraction of sp³-hybridized carbons (Fsp3) is 0.833. The van der Waals surface area contributed by atoms with Crippen molar-refractivity contribution in [2.75, 3.05) is 32.1 Å². The molecule has 0 bridgehead atoms. The van der Waals surface area contributed by atoms with Crippen LogP contribution in [0.15, 0.2) is 0 Å². The van der Waals surface area contributed by atoms with Crippen LogP contribution >= 0.6 is 0 Å². The van der Waals surface area contributed by atoms with Crippen molar-refractivity contribution in [1.29, 1.82) is 0 Å². The lowest BCUT2D eigenvalue weighted by Gasteiger charge is -2.41. The number of carbonyl (C=O) groups excluding carboxylic acids is 1. The minimum atomic E-state index is -3.10. The molecule has 1 fully saturated rings. The van der Waals surface area contributed by atoms with E-state index in [0.717, 1.165) is 25.5 Å². The zero-order chi connectivity index (χ0) is 15.4. The molecule has 8 heteroatoms. The molecule has 0 aromatic rings. The van der Waals surface area contributed by atoms with Gasteiger partial charge in [-0.15, -0.1) is 0 Å². The van der Waals surface area contributed by atoms with Crippen LogP contribution in [0, 0.1) is 5.41 Å². The summed E-state index contributed by atoms with van der Waals surface area (Å²) < 4.78 is 22.1. The predicted octanol–water partition coefficient (Wildman–Crippen LogP) is 0.317. The molecule has 0 aromatic carbocycles. The molecule has 1 rings (SSSR count). The summed E-state index contributed by atoms with van der Waals surface area (Å²) in [4.78, 5) is 23.9. The Hall–Kier alpha value is -1.31. The van der Waals surface area contributed by atoms with Crippen LogP contribution in [0.5, 0.6) is 0 Å². The fourth-order valence-corrected chi connectivity index (χ4v) is 2.82. The highest BCUT2D eigenvalue weighted by Crippen LogP contribution is 2.43. The molecule has 7 nitrogen and oxygen atoms in total. The zero-order valence-corrected chi connectivity index (χ0v) is 12.7. The molecule has 0 heterocycles. The molecule has 1 aliphatic rings. The van der Waals surface area contributed by atoms with Gasteiger partial charge in [0.15, 0.2) is 0 Å². The molecule has 0 unspecified atom stereocenters. The number of aliphatic carboxylic acids is 1. The van der Waals surface area contributed by atoms with Crippen molar-refractivity contribution in [1.82, 2.24) is 10.2 Å². The summed E-state index contributed by atoms with van der Waals surface area (Å²) >= 11 is 0. The summed E-state index contributed by atoms with van der Waals surface area (Å²) in [6.07, 6.45) is 3.75. The Bertz CT molecular complexity index is 470. The highest BCUT2D eigenvalue weighted by molar-refractivity contribution is 7.90. The van der Waals surface area contributed by atoms with Crippen molar-refractivity contribution in [3.8, 4) is 0 Å². The minimum absolute atomic E-state index is 0.0559. The lowest BCUT2D eigenvalue weighted by molar-refractivity contribution is -0.141. The van der Waals surface area contributed by atoms with E-state index >= 15 is 0 Å². The standard InChI is InChI=1S/C12H22N2O5S/c1-14(6-7-20(2,18)19)11(17)13-9-12(4-3-5-12)8-10(15)16/h3-9H2,1-2H3,(H,13,17)(H,15,16). The van der Waals surface area contributed by atoms with Crippen LogP contribution in [0.4, 0.5) is 4.79 Å². The normalized spacial score (nSPS) is 17.1. The topological polar surface area (TPSA) is 104 Å². The number of hydrogen-bond acceptors (Lipinski definition) is 4.